The molecule has 0 saturated heterocycles. The van der Waals surface area contributed by atoms with E-state index >= 15 is 0 Å². The van der Waals surface area contributed by atoms with Crippen LogP contribution in [0.2, 0.25) is 0 Å². The van der Waals surface area contributed by atoms with Gasteiger partial charge in [-0.3, -0.25) is 4.99 Å². The first kappa shape index (κ1) is 13.0. The zero-order valence-corrected chi connectivity index (χ0v) is 10.7. The molecule has 0 saturated carbocycles. The highest BCUT2D eigenvalue weighted by molar-refractivity contribution is 5.83. The SMILES string of the molecule is CCCCCN1C=NC(C)(C)C1C(=O)OC. The van der Waals surface area contributed by atoms with Gasteiger partial charge in [0.25, 0.3) is 0 Å². The third-order valence-corrected chi connectivity index (χ3v) is 2.98. The maximum Gasteiger partial charge on any atom is 0.331 e. The quantitative estimate of drug-likeness (QED) is 0.530. The molecule has 0 spiro atoms. The smallest absolute Gasteiger partial charge is 0.331 e. The van der Waals surface area contributed by atoms with Gasteiger partial charge in [-0.05, 0) is 20.3 Å². The molecule has 0 amide bonds. The van der Waals surface area contributed by atoms with Crippen molar-refractivity contribution in [1.29, 1.82) is 0 Å². The van der Waals surface area contributed by atoms with E-state index in [2.05, 4.69) is 11.9 Å². The van der Waals surface area contributed by atoms with Gasteiger partial charge in [0.1, 0.15) is 0 Å². The lowest BCUT2D eigenvalue weighted by Gasteiger charge is -2.29. The molecule has 1 rings (SSSR count). The summed E-state index contributed by atoms with van der Waals surface area (Å²) >= 11 is 0. The molecule has 0 N–H and O–H groups in total. The minimum atomic E-state index is -0.376. The molecule has 16 heavy (non-hydrogen) atoms. The molecular formula is C12H22N2O2. The van der Waals surface area contributed by atoms with Crippen LogP contribution in [-0.2, 0) is 9.53 Å². The second kappa shape index (κ2) is 5.32. The van der Waals surface area contributed by atoms with Gasteiger partial charge in [-0.1, -0.05) is 19.8 Å². The predicted molar refractivity (Wildman–Crippen MR) is 64.6 cm³/mol. The van der Waals surface area contributed by atoms with Crippen molar-refractivity contribution in [2.24, 2.45) is 4.99 Å². The number of unbranched alkanes of at least 4 members (excludes halogenated alkanes) is 2. The van der Waals surface area contributed by atoms with E-state index in [1.165, 1.54) is 20.0 Å². The maximum absolute atomic E-state index is 11.7. The molecule has 0 bridgehead atoms. The Bertz CT molecular complexity index is 274. The first-order valence-electron chi connectivity index (χ1n) is 5.92. The minimum absolute atomic E-state index is 0.195. The number of ether oxygens (including phenoxy) is 1. The van der Waals surface area contributed by atoms with E-state index in [-0.39, 0.29) is 17.6 Å². The highest BCUT2D eigenvalue weighted by atomic mass is 16.5. The van der Waals surface area contributed by atoms with E-state index in [9.17, 15) is 4.79 Å². The van der Waals surface area contributed by atoms with E-state index in [4.69, 9.17) is 4.74 Å². The topological polar surface area (TPSA) is 41.9 Å². The van der Waals surface area contributed by atoms with Gasteiger partial charge in [0.05, 0.1) is 19.0 Å². The summed E-state index contributed by atoms with van der Waals surface area (Å²) in [5.74, 6) is -0.195. The van der Waals surface area contributed by atoms with Crippen molar-refractivity contribution in [1.82, 2.24) is 4.90 Å². The summed E-state index contributed by atoms with van der Waals surface area (Å²) in [6, 6.07) is -0.269. The van der Waals surface area contributed by atoms with Crippen molar-refractivity contribution in [3.05, 3.63) is 0 Å². The molecule has 1 heterocycles. The Morgan fingerprint density at radius 1 is 1.50 bits per heavy atom. The number of carbonyl (C=O) groups is 1. The normalized spacial score (nSPS) is 22.5. The number of nitrogens with zero attached hydrogens (tertiary/aromatic N) is 2. The van der Waals surface area contributed by atoms with Gasteiger partial charge in [0, 0.05) is 6.54 Å². The molecule has 92 valence electrons. The van der Waals surface area contributed by atoms with Crippen LogP contribution in [0.25, 0.3) is 0 Å². The lowest BCUT2D eigenvalue weighted by Crippen LogP contribution is -2.48. The van der Waals surface area contributed by atoms with E-state index in [1.807, 2.05) is 18.7 Å². The summed E-state index contributed by atoms with van der Waals surface area (Å²) in [6.45, 7) is 6.97. The fourth-order valence-corrected chi connectivity index (χ4v) is 2.03. The number of hydrogen-bond donors (Lipinski definition) is 0. The fourth-order valence-electron chi connectivity index (χ4n) is 2.03. The van der Waals surface area contributed by atoms with Crippen LogP contribution in [0.4, 0.5) is 0 Å². The highest BCUT2D eigenvalue weighted by Gasteiger charge is 2.43. The first-order valence-corrected chi connectivity index (χ1v) is 5.92. The van der Waals surface area contributed by atoms with Crippen LogP contribution in [0.1, 0.15) is 40.0 Å². The molecule has 4 nitrogen and oxygen atoms in total. The summed E-state index contributed by atoms with van der Waals surface area (Å²) in [6.07, 6.45) is 5.24. The largest absolute Gasteiger partial charge is 0.467 e. The van der Waals surface area contributed by atoms with Gasteiger partial charge in [-0.15, -0.1) is 0 Å². The summed E-state index contributed by atoms with van der Waals surface area (Å²) < 4.78 is 4.85. The molecule has 0 radical (unpaired) electrons. The van der Waals surface area contributed by atoms with Crippen LogP contribution in [0, 0.1) is 0 Å². The van der Waals surface area contributed by atoms with Crippen LogP contribution in [0.5, 0.6) is 0 Å². The highest BCUT2D eigenvalue weighted by Crippen LogP contribution is 2.26. The maximum atomic E-state index is 11.7. The third-order valence-electron chi connectivity index (χ3n) is 2.98. The Morgan fingerprint density at radius 2 is 2.19 bits per heavy atom. The van der Waals surface area contributed by atoms with Crippen LogP contribution >= 0.6 is 0 Å². The number of methoxy groups -OCH3 is 1. The van der Waals surface area contributed by atoms with Crippen molar-refractivity contribution in [3.63, 3.8) is 0 Å². The summed E-state index contributed by atoms with van der Waals surface area (Å²) in [4.78, 5) is 18.1. The van der Waals surface area contributed by atoms with Crippen LogP contribution in [0.3, 0.4) is 0 Å². The van der Waals surface area contributed by atoms with E-state index < -0.39 is 0 Å². The molecule has 0 aromatic carbocycles. The Kier molecular flexibility index (Phi) is 4.33. The lowest BCUT2D eigenvalue weighted by atomic mass is 9.95. The van der Waals surface area contributed by atoms with Gasteiger partial charge >= 0.3 is 5.97 Å². The Morgan fingerprint density at radius 3 is 2.75 bits per heavy atom. The Hall–Kier alpha value is -1.06. The van der Waals surface area contributed by atoms with Crippen LogP contribution < -0.4 is 0 Å². The van der Waals surface area contributed by atoms with Crippen LogP contribution in [0.15, 0.2) is 4.99 Å². The van der Waals surface area contributed by atoms with Crippen molar-refractivity contribution in [2.75, 3.05) is 13.7 Å². The zero-order valence-electron chi connectivity index (χ0n) is 10.7. The number of rotatable bonds is 5. The van der Waals surface area contributed by atoms with E-state index in [0.717, 1.165) is 13.0 Å². The number of hydrogen-bond acceptors (Lipinski definition) is 4. The molecular weight excluding hydrogens is 204 g/mol. The second-order valence-electron chi connectivity index (χ2n) is 4.77. The van der Waals surface area contributed by atoms with E-state index in [1.54, 1.807) is 6.34 Å². The second-order valence-corrected chi connectivity index (χ2v) is 4.77. The molecule has 1 aliphatic rings. The fraction of sp³-hybridized carbons (Fsp3) is 0.833. The molecule has 1 aliphatic heterocycles. The molecule has 1 unspecified atom stereocenters. The van der Waals surface area contributed by atoms with E-state index in [0.29, 0.717) is 0 Å². The average molecular weight is 226 g/mol. The van der Waals surface area contributed by atoms with Gasteiger partial charge in [0.15, 0.2) is 6.04 Å². The number of aliphatic imine (C=N–C) groups is 1. The van der Waals surface area contributed by atoms with Crippen LogP contribution in [-0.4, -0.2) is 42.4 Å². The average Bonchev–Trinajstić information content (AvgIpc) is 2.54. The molecule has 0 aliphatic carbocycles. The Labute approximate surface area is 97.7 Å². The standard InChI is InChI=1S/C12H22N2O2/c1-5-6-7-8-14-9-13-12(2,3)10(14)11(15)16-4/h9-10H,5-8H2,1-4H3. The summed E-state index contributed by atoms with van der Waals surface area (Å²) in [5, 5.41) is 0. The van der Waals surface area contributed by atoms with Crippen molar-refractivity contribution in [2.45, 2.75) is 51.6 Å². The van der Waals surface area contributed by atoms with Crippen molar-refractivity contribution < 1.29 is 9.53 Å². The minimum Gasteiger partial charge on any atom is -0.467 e. The van der Waals surface area contributed by atoms with Gasteiger partial charge in [-0.25, -0.2) is 4.79 Å². The first-order chi connectivity index (χ1) is 7.53. The Balaban J connectivity index is 2.63. The van der Waals surface area contributed by atoms with Gasteiger partial charge in [0.2, 0.25) is 0 Å². The number of carbonyl (C=O) groups excluding carboxylic acids is 1. The molecule has 4 heteroatoms. The zero-order chi connectivity index (χ0) is 12.2. The predicted octanol–water partition coefficient (Wildman–Crippen LogP) is 1.84. The molecule has 1 atom stereocenters. The third kappa shape index (κ3) is 2.74. The molecule has 0 aromatic rings. The van der Waals surface area contributed by atoms with Gasteiger partial charge in [-0.2, -0.15) is 0 Å². The summed E-state index contributed by atoms with van der Waals surface area (Å²) in [7, 11) is 1.43. The van der Waals surface area contributed by atoms with Gasteiger partial charge < -0.3 is 9.64 Å². The van der Waals surface area contributed by atoms with Crippen molar-refractivity contribution >= 4 is 12.3 Å². The van der Waals surface area contributed by atoms with Crippen molar-refractivity contribution in [3.8, 4) is 0 Å². The number of esters is 1. The lowest BCUT2D eigenvalue weighted by molar-refractivity contribution is -0.146. The molecule has 0 fully saturated rings. The monoisotopic (exact) mass is 226 g/mol. The summed E-state index contributed by atoms with van der Waals surface area (Å²) in [5.41, 5.74) is -0.376. The molecule has 0 aromatic heterocycles.